The molecule has 1 unspecified atom stereocenters. The van der Waals surface area contributed by atoms with Gasteiger partial charge in [-0.2, -0.15) is 11.8 Å². The van der Waals surface area contributed by atoms with E-state index >= 15 is 0 Å². The molecule has 0 radical (unpaired) electrons. The van der Waals surface area contributed by atoms with Gasteiger partial charge in [-0.3, -0.25) is 14.9 Å². The molecule has 0 aromatic heterocycles. The van der Waals surface area contributed by atoms with Gasteiger partial charge in [-0.25, -0.2) is 4.79 Å². The van der Waals surface area contributed by atoms with Gasteiger partial charge in [0.2, 0.25) is 0 Å². The Morgan fingerprint density at radius 2 is 2.21 bits per heavy atom. The number of nitro benzene ring substituents is 1. The molecule has 24 heavy (non-hydrogen) atoms. The Morgan fingerprint density at radius 3 is 2.83 bits per heavy atom. The zero-order chi connectivity index (χ0) is 17.7. The molecule has 130 valence electrons. The van der Waals surface area contributed by atoms with E-state index in [2.05, 4.69) is 0 Å². The van der Waals surface area contributed by atoms with Crippen molar-refractivity contribution in [3.63, 3.8) is 0 Å². The number of methoxy groups -OCH3 is 1. The number of carbonyl (C=O) groups excluding carboxylic acids is 2. The largest absolute Gasteiger partial charge is 0.490 e. The van der Waals surface area contributed by atoms with Crippen molar-refractivity contribution in [2.75, 3.05) is 31.8 Å². The van der Waals surface area contributed by atoms with Crippen LogP contribution in [0.15, 0.2) is 18.2 Å². The molecule has 0 N–H and O–H groups in total. The molecular weight excluding hydrogens is 336 g/mol. The quantitative estimate of drug-likeness (QED) is 0.451. The molecule has 0 spiro atoms. The third-order valence-electron chi connectivity index (χ3n) is 3.57. The number of thioether (sulfide) groups is 1. The second kappa shape index (κ2) is 8.00. The van der Waals surface area contributed by atoms with E-state index in [4.69, 9.17) is 9.47 Å². The Morgan fingerprint density at radius 1 is 1.46 bits per heavy atom. The van der Waals surface area contributed by atoms with Gasteiger partial charge in [0.25, 0.3) is 5.91 Å². The predicted octanol–water partition coefficient (Wildman–Crippen LogP) is 1.72. The summed E-state index contributed by atoms with van der Waals surface area (Å²) in [6.45, 7) is 2.32. The SMILES string of the molecule is CCOC(=O)C1CSCCN1C(=O)c1ccc(OC)c([N+](=O)[O-])c1. The van der Waals surface area contributed by atoms with Crippen LogP contribution in [-0.4, -0.2) is 59.5 Å². The molecule has 1 heterocycles. The number of rotatable bonds is 5. The van der Waals surface area contributed by atoms with Crippen LogP contribution in [0.1, 0.15) is 17.3 Å². The number of amides is 1. The van der Waals surface area contributed by atoms with Gasteiger partial charge in [0.15, 0.2) is 5.75 Å². The molecule has 1 aliphatic heterocycles. The molecule has 1 aliphatic rings. The van der Waals surface area contributed by atoms with Crippen LogP contribution in [0.3, 0.4) is 0 Å². The highest BCUT2D eigenvalue weighted by Gasteiger charge is 2.34. The van der Waals surface area contributed by atoms with Crippen LogP contribution in [0.4, 0.5) is 5.69 Å². The van der Waals surface area contributed by atoms with Crippen molar-refractivity contribution >= 4 is 29.3 Å². The van der Waals surface area contributed by atoms with Crippen LogP contribution < -0.4 is 4.74 Å². The second-order valence-electron chi connectivity index (χ2n) is 4.99. The molecule has 0 bridgehead atoms. The average Bonchev–Trinajstić information content (AvgIpc) is 2.60. The standard InChI is InChI=1S/C15H18N2O6S/c1-3-23-15(19)12-9-24-7-6-16(12)14(18)10-4-5-13(22-2)11(8-10)17(20)21/h4-5,8,12H,3,6-7,9H2,1-2H3. The number of nitrogens with zero attached hydrogens (tertiary/aromatic N) is 2. The van der Waals surface area contributed by atoms with Gasteiger partial charge in [0, 0.05) is 29.7 Å². The minimum Gasteiger partial charge on any atom is -0.490 e. The van der Waals surface area contributed by atoms with Crippen LogP contribution in [-0.2, 0) is 9.53 Å². The molecule has 0 saturated carbocycles. The van der Waals surface area contributed by atoms with Gasteiger partial charge < -0.3 is 14.4 Å². The summed E-state index contributed by atoms with van der Waals surface area (Å²) in [4.78, 5) is 36.7. The third kappa shape index (κ3) is 3.78. The molecule has 2 rings (SSSR count). The van der Waals surface area contributed by atoms with Gasteiger partial charge in [-0.15, -0.1) is 0 Å². The fourth-order valence-electron chi connectivity index (χ4n) is 2.41. The van der Waals surface area contributed by atoms with E-state index in [-0.39, 0.29) is 23.6 Å². The van der Waals surface area contributed by atoms with E-state index in [1.54, 1.807) is 18.7 Å². The Labute approximate surface area is 143 Å². The normalized spacial score (nSPS) is 17.2. The number of hydrogen-bond acceptors (Lipinski definition) is 7. The average molecular weight is 354 g/mol. The number of hydrogen-bond donors (Lipinski definition) is 0. The molecule has 1 saturated heterocycles. The zero-order valence-corrected chi connectivity index (χ0v) is 14.2. The Balaban J connectivity index is 2.30. The maximum absolute atomic E-state index is 12.7. The first-order chi connectivity index (χ1) is 11.5. The molecule has 1 amide bonds. The van der Waals surface area contributed by atoms with Gasteiger partial charge in [0.1, 0.15) is 6.04 Å². The first-order valence-corrected chi connectivity index (χ1v) is 8.52. The van der Waals surface area contributed by atoms with Crippen molar-refractivity contribution in [1.82, 2.24) is 4.90 Å². The molecule has 9 heteroatoms. The summed E-state index contributed by atoms with van der Waals surface area (Å²) in [7, 11) is 1.32. The van der Waals surface area contributed by atoms with Crippen molar-refractivity contribution in [2.24, 2.45) is 0 Å². The Kier molecular flexibility index (Phi) is 6.02. The lowest BCUT2D eigenvalue weighted by Gasteiger charge is -2.33. The summed E-state index contributed by atoms with van der Waals surface area (Å²) in [6.07, 6.45) is 0. The number of carbonyl (C=O) groups is 2. The lowest BCUT2D eigenvalue weighted by atomic mass is 10.1. The first kappa shape index (κ1) is 18.1. The van der Waals surface area contributed by atoms with E-state index < -0.39 is 22.8 Å². The minimum absolute atomic E-state index is 0.0766. The highest BCUT2D eigenvalue weighted by molar-refractivity contribution is 7.99. The maximum atomic E-state index is 12.7. The molecule has 1 fully saturated rings. The maximum Gasteiger partial charge on any atom is 0.329 e. The summed E-state index contributed by atoms with van der Waals surface area (Å²) in [5, 5.41) is 11.1. The summed E-state index contributed by atoms with van der Waals surface area (Å²) in [5.74, 6) is 0.329. The molecule has 0 aliphatic carbocycles. The fourth-order valence-corrected chi connectivity index (χ4v) is 3.44. The summed E-state index contributed by atoms with van der Waals surface area (Å²) in [5.41, 5.74) is -0.147. The fraction of sp³-hybridized carbons (Fsp3) is 0.467. The molecule has 1 aromatic carbocycles. The van der Waals surface area contributed by atoms with E-state index in [1.165, 1.54) is 30.2 Å². The molecule has 1 aromatic rings. The Bertz CT molecular complexity index is 651. The van der Waals surface area contributed by atoms with Crippen molar-refractivity contribution in [3.05, 3.63) is 33.9 Å². The lowest BCUT2D eigenvalue weighted by Crippen LogP contribution is -2.51. The van der Waals surface area contributed by atoms with E-state index in [0.29, 0.717) is 18.1 Å². The molecular formula is C15H18N2O6S. The second-order valence-corrected chi connectivity index (χ2v) is 6.13. The van der Waals surface area contributed by atoms with Gasteiger partial charge >= 0.3 is 11.7 Å². The summed E-state index contributed by atoms with van der Waals surface area (Å²) in [6, 6.07) is 3.32. The number of benzene rings is 1. The van der Waals surface area contributed by atoms with Crippen molar-refractivity contribution < 1.29 is 24.0 Å². The predicted molar refractivity (Wildman–Crippen MR) is 88.4 cm³/mol. The zero-order valence-electron chi connectivity index (χ0n) is 13.4. The van der Waals surface area contributed by atoms with Gasteiger partial charge in [0.05, 0.1) is 18.6 Å². The topological polar surface area (TPSA) is 99.0 Å². The van der Waals surface area contributed by atoms with Crippen LogP contribution in [0.25, 0.3) is 0 Å². The smallest absolute Gasteiger partial charge is 0.329 e. The molecule has 1 atom stereocenters. The minimum atomic E-state index is -0.683. The lowest BCUT2D eigenvalue weighted by molar-refractivity contribution is -0.385. The third-order valence-corrected chi connectivity index (χ3v) is 4.59. The van der Waals surface area contributed by atoms with Crippen molar-refractivity contribution in [1.29, 1.82) is 0 Å². The van der Waals surface area contributed by atoms with Crippen LogP contribution in [0.5, 0.6) is 5.75 Å². The highest BCUT2D eigenvalue weighted by atomic mass is 32.2. The van der Waals surface area contributed by atoms with E-state index in [0.717, 1.165) is 0 Å². The van der Waals surface area contributed by atoms with E-state index in [9.17, 15) is 19.7 Å². The number of ether oxygens (including phenoxy) is 2. The van der Waals surface area contributed by atoms with Crippen molar-refractivity contribution in [2.45, 2.75) is 13.0 Å². The number of esters is 1. The van der Waals surface area contributed by atoms with Gasteiger partial charge in [-0.05, 0) is 19.1 Å². The Hall–Kier alpha value is -2.29. The number of nitro groups is 1. The van der Waals surface area contributed by atoms with Crippen LogP contribution in [0, 0.1) is 10.1 Å². The monoisotopic (exact) mass is 354 g/mol. The highest BCUT2D eigenvalue weighted by Crippen LogP contribution is 2.29. The molecule has 8 nitrogen and oxygen atoms in total. The van der Waals surface area contributed by atoms with Gasteiger partial charge in [-0.1, -0.05) is 0 Å². The van der Waals surface area contributed by atoms with Crippen LogP contribution in [0.2, 0.25) is 0 Å². The first-order valence-electron chi connectivity index (χ1n) is 7.37. The van der Waals surface area contributed by atoms with E-state index in [1.807, 2.05) is 0 Å². The van der Waals surface area contributed by atoms with Crippen molar-refractivity contribution in [3.8, 4) is 5.75 Å². The van der Waals surface area contributed by atoms with Crippen LogP contribution >= 0.6 is 11.8 Å². The summed E-state index contributed by atoms with van der Waals surface area (Å²) >= 11 is 1.56. The summed E-state index contributed by atoms with van der Waals surface area (Å²) < 4.78 is 9.96.